The summed E-state index contributed by atoms with van der Waals surface area (Å²) in [5.41, 5.74) is 3.18. The van der Waals surface area contributed by atoms with Crippen molar-refractivity contribution in [3.8, 4) is 5.69 Å². The molecule has 2 aromatic carbocycles. The van der Waals surface area contributed by atoms with E-state index in [9.17, 15) is 0 Å². The van der Waals surface area contributed by atoms with Gasteiger partial charge in [0, 0.05) is 5.69 Å². The molecule has 2 aromatic heterocycles. The second-order valence-electron chi connectivity index (χ2n) is 4.78. The first kappa shape index (κ1) is 11.8. The lowest BCUT2D eigenvalue weighted by atomic mass is 10.3. The SMILES string of the molecule is c1ccc(-n2c(Cn3cncn3)nc3ccccc32)cc1. The normalized spacial score (nSPS) is 11.0. The molecule has 0 fully saturated rings. The monoisotopic (exact) mass is 275 g/mol. The summed E-state index contributed by atoms with van der Waals surface area (Å²) in [6.07, 6.45) is 3.24. The van der Waals surface area contributed by atoms with Gasteiger partial charge in [0.05, 0.1) is 11.0 Å². The van der Waals surface area contributed by atoms with Crippen LogP contribution < -0.4 is 0 Å². The minimum Gasteiger partial charge on any atom is -0.295 e. The largest absolute Gasteiger partial charge is 0.295 e. The third kappa shape index (κ3) is 2.08. The van der Waals surface area contributed by atoms with Gasteiger partial charge >= 0.3 is 0 Å². The molecule has 0 amide bonds. The first-order chi connectivity index (χ1) is 10.4. The quantitative estimate of drug-likeness (QED) is 0.577. The van der Waals surface area contributed by atoms with Crippen molar-refractivity contribution in [3.05, 3.63) is 73.1 Å². The molecule has 0 saturated heterocycles. The predicted octanol–water partition coefficient (Wildman–Crippen LogP) is 2.67. The molecule has 5 nitrogen and oxygen atoms in total. The van der Waals surface area contributed by atoms with Gasteiger partial charge in [-0.2, -0.15) is 5.10 Å². The van der Waals surface area contributed by atoms with Gasteiger partial charge in [-0.3, -0.25) is 4.57 Å². The summed E-state index contributed by atoms with van der Waals surface area (Å²) in [5.74, 6) is 0.938. The summed E-state index contributed by atoms with van der Waals surface area (Å²) in [7, 11) is 0. The van der Waals surface area contributed by atoms with E-state index in [0.717, 1.165) is 22.5 Å². The van der Waals surface area contributed by atoms with Crippen LogP contribution in [0.4, 0.5) is 0 Å². The highest BCUT2D eigenvalue weighted by Crippen LogP contribution is 2.21. The Labute approximate surface area is 121 Å². The van der Waals surface area contributed by atoms with Crippen molar-refractivity contribution < 1.29 is 0 Å². The highest BCUT2D eigenvalue weighted by Gasteiger charge is 2.12. The number of imidazole rings is 1. The fourth-order valence-electron chi connectivity index (χ4n) is 2.51. The lowest BCUT2D eigenvalue weighted by Crippen LogP contribution is -2.07. The van der Waals surface area contributed by atoms with E-state index < -0.39 is 0 Å². The summed E-state index contributed by atoms with van der Waals surface area (Å²) in [4.78, 5) is 8.73. The third-order valence-electron chi connectivity index (χ3n) is 3.41. The molecule has 2 heterocycles. The van der Waals surface area contributed by atoms with Gasteiger partial charge in [-0.1, -0.05) is 30.3 Å². The molecule has 0 spiro atoms. The van der Waals surface area contributed by atoms with Crippen molar-refractivity contribution >= 4 is 11.0 Å². The summed E-state index contributed by atoms with van der Waals surface area (Å²) in [5, 5.41) is 4.17. The van der Waals surface area contributed by atoms with Gasteiger partial charge in [0.1, 0.15) is 25.0 Å². The summed E-state index contributed by atoms with van der Waals surface area (Å²) >= 11 is 0. The van der Waals surface area contributed by atoms with Crippen LogP contribution in [0, 0.1) is 0 Å². The fourth-order valence-corrected chi connectivity index (χ4v) is 2.51. The van der Waals surface area contributed by atoms with E-state index in [4.69, 9.17) is 4.98 Å². The summed E-state index contributed by atoms with van der Waals surface area (Å²) in [6.45, 7) is 0.587. The Bertz CT molecular complexity index is 862. The maximum Gasteiger partial charge on any atom is 0.137 e. The molecule has 5 heteroatoms. The van der Waals surface area contributed by atoms with E-state index in [2.05, 4.69) is 32.8 Å². The molecule has 0 aliphatic rings. The van der Waals surface area contributed by atoms with Crippen LogP contribution in [0.1, 0.15) is 5.82 Å². The molecule has 0 radical (unpaired) electrons. The van der Waals surface area contributed by atoms with Crippen molar-refractivity contribution in [1.29, 1.82) is 0 Å². The molecule has 4 aromatic rings. The van der Waals surface area contributed by atoms with Gasteiger partial charge in [0.25, 0.3) is 0 Å². The van der Waals surface area contributed by atoms with Crippen LogP contribution in [0.3, 0.4) is 0 Å². The highest BCUT2D eigenvalue weighted by atomic mass is 15.3. The number of hydrogen-bond donors (Lipinski definition) is 0. The van der Waals surface area contributed by atoms with Gasteiger partial charge in [-0.05, 0) is 24.3 Å². The van der Waals surface area contributed by atoms with Gasteiger partial charge < -0.3 is 0 Å². The van der Waals surface area contributed by atoms with Crippen LogP contribution in [0.2, 0.25) is 0 Å². The molecule has 0 unspecified atom stereocenters. The zero-order valence-electron chi connectivity index (χ0n) is 11.3. The average molecular weight is 275 g/mol. The molecule has 4 rings (SSSR count). The number of aromatic nitrogens is 5. The van der Waals surface area contributed by atoms with Crippen LogP contribution in [0.25, 0.3) is 16.7 Å². The smallest absolute Gasteiger partial charge is 0.137 e. The number of benzene rings is 2. The van der Waals surface area contributed by atoms with E-state index in [1.54, 1.807) is 11.0 Å². The van der Waals surface area contributed by atoms with Crippen LogP contribution in [-0.4, -0.2) is 24.3 Å². The average Bonchev–Trinajstić information content (AvgIpc) is 3.15. The second-order valence-corrected chi connectivity index (χ2v) is 4.78. The molecule has 21 heavy (non-hydrogen) atoms. The van der Waals surface area contributed by atoms with Crippen molar-refractivity contribution in [2.24, 2.45) is 0 Å². The standard InChI is InChI=1S/C16H13N5/c1-2-6-13(7-3-1)21-15-9-5-4-8-14(15)19-16(21)10-20-12-17-11-18-20/h1-9,11-12H,10H2. The van der Waals surface area contributed by atoms with Crippen molar-refractivity contribution in [1.82, 2.24) is 24.3 Å². The lowest BCUT2D eigenvalue weighted by Gasteiger charge is -2.09. The third-order valence-corrected chi connectivity index (χ3v) is 3.41. The number of hydrogen-bond acceptors (Lipinski definition) is 3. The number of para-hydroxylation sites is 3. The van der Waals surface area contributed by atoms with Crippen molar-refractivity contribution in [2.45, 2.75) is 6.54 Å². The van der Waals surface area contributed by atoms with E-state index in [-0.39, 0.29) is 0 Å². The van der Waals surface area contributed by atoms with Gasteiger partial charge in [0.15, 0.2) is 0 Å². The maximum atomic E-state index is 4.74. The molecular formula is C16H13N5. The topological polar surface area (TPSA) is 48.5 Å². The van der Waals surface area contributed by atoms with E-state index in [1.807, 2.05) is 36.4 Å². The first-order valence-corrected chi connectivity index (χ1v) is 6.76. The molecule has 0 aliphatic carbocycles. The number of rotatable bonds is 3. The minimum atomic E-state index is 0.587. The minimum absolute atomic E-state index is 0.587. The second kappa shape index (κ2) is 4.86. The Morgan fingerprint density at radius 1 is 0.905 bits per heavy atom. The van der Waals surface area contributed by atoms with E-state index >= 15 is 0 Å². The molecule has 0 atom stereocenters. The summed E-state index contributed by atoms with van der Waals surface area (Å²) in [6, 6.07) is 18.4. The molecule has 0 N–H and O–H groups in total. The Morgan fingerprint density at radius 3 is 2.52 bits per heavy atom. The van der Waals surface area contributed by atoms with Gasteiger partial charge in [-0.15, -0.1) is 0 Å². The van der Waals surface area contributed by atoms with E-state index in [1.165, 1.54) is 6.33 Å². The zero-order valence-corrected chi connectivity index (χ0v) is 11.3. The van der Waals surface area contributed by atoms with Crippen LogP contribution in [0.15, 0.2) is 67.3 Å². The van der Waals surface area contributed by atoms with Gasteiger partial charge in [0.2, 0.25) is 0 Å². The molecule has 102 valence electrons. The Kier molecular flexibility index (Phi) is 2.74. The van der Waals surface area contributed by atoms with Crippen LogP contribution >= 0.6 is 0 Å². The molecule has 0 saturated carbocycles. The Balaban J connectivity index is 1.93. The Morgan fingerprint density at radius 2 is 1.71 bits per heavy atom. The van der Waals surface area contributed by atoms with Crippen LogP contribution in [0.5, 0.6) is 0 Å². The number of fused-ring (bicyclic) bond motifs is 1. The van der Waals surface area contributed by atoms with Crippen LogP contribution in [-0.2, 0) is 6.54 Å². The molecular weight excluding hydrogens is 262 g/mol. The lowest BCUT2D eigenvalue weighted by molar-refractivity contribution is 0.648. The zero-order chi connectivity index (χ0) is 14.1. The van der Waals surface area contributed by atoms with Crippen molar-refractivity contribution in [2.75, 3.05) is 0 Å². The maximum absolute atomic E-state index is 4.74. The fraction of sp³-hybridized carbons (Fsp3) is 0.0625. The summed E-state index contributed by atoms with van der Waals surface area (Å²) < 4.78 is 3.94. The predicted molar refractivity (Wildman–Crippen MR) is 80.2 cm³/mol. The highest BCUT2D eigenvalue weighted by molar-refractivity contribution is 5.78. The molecule has 0 bridgehead atoms. The van der Waals surface area contributed by atoms with Crippen molar-refractivity contribution in [3.63, 3.8) is 0 Å². The van der Waals surface area contributed by atoms with Gasteiger partial charge in [-0.25, -0.2) is 14.6 Å². The Hall–Kier alpha value is -2.95. The number of nitrogens with zero attached hydrogens (tertiary/aromatic N) is 5. The van der Waals surface area contributed by atoms with E-state index in [0.29, 0.717) is 6.54 Å². The first-order valence-electron chi connectivity index (χ1n) is 6.76. The molecule has 0 aliphatic heterocycles.